The molecule has 3 aromatic rings. The Morgan fingerprint density at radius 2 is 1.79 bits per heavy atom. The summed E-state index contributed by atoms with van der Waals surface area (Å²) in [6.07, 6.45) is 3.16. The summed E-state index contributed by atoms with van der Waals surface area (Å²) in [5, 5.41) is 5.39. The first-order valence-corrected chi connectivity index (χ1v) is 6.41. The summed E-state index contributed by atoms with van der Waals surface area (Å²) in [6.45, 7) is 0. The fraction of sp³-hybridized carbons (Fsp3) is 0. The molecule has 0 saturated carbocycles. The van der Waals surface area contributed by atoms with Gasteiger partial charge in [-0.1, -0.05) is 47.5 Å². The Kier molecular flexibility index (Phi) is 3.23. The van der Waals surface area contributed by atoms with Gasteiger partial charge in [-0.15, -0.1) is 0 Å². The van der Waals surface area contributed by atoms with E-state index >= 15 is 0 Å². The first-order chi connectivity index (χ1) is 9.25. The van der Waals surface area contributed by atoms with Crippen molar-refractivity contribution in [1.29, 1.82) is 0 Å². The van der Waals surface area contributed by atoms with E-state index in [1.807, 2.05) is 36.4 Å². The highest BCUT2D eigenvalue weighted by atomic mass is 35.5. The van der Waals surface area contributed by atoms with Gasteiger partial charge in [0.25, 0.3) is 0 Å². The monoisotopic (exact) mass is 289 g/mol. The number of nitrogens with zero attached hydrogens (tertiary/aromatic N) is 3. The van der Waals surface area contributed by atoms with E-state index < -0.39 is 0 Å². The van der Waals surface area contributed by atoms with Crippen LogP contribution in [0.5, 0.6) is 0 Å². The van der Waals surface area contributed by atoms with E-state index in [4.69, 9.17) is 23.2 Å². The summed E-state index contributed by atoms with van der Waals surface area (Å²) in [5.74, 6) is 0. The molecule has 1 heterocycles. The van der Waals surface area contributed by atoms with Crippen LogP contribution in [0.15, 0.2) is 55.1 Å². The van der Waals surface area contributed by atoms with Crippen molar-refractivity contribution in [1.82, 2.24) is 14.8 Å². The first-order valence-electron chi connectivity index (χ1n) is 5.65. The Morgan fingerprint density at radius 3 is 2.53 bits per heavy atom. The second-order valence-corrected chi connectivity index (χ2v) is 4.83. The molecule has 0 atom stereocenters. The number of rotatable bonds is 2. The van der Waals surface area contributed by atoms with Gasteiger partial charge in [0.2, 0.25) is 0 Å². The lowest BCUT2D eigenvalue weighted by Gasteiger charge is -2.10. The standard InChI is InChI=1S/C14H9Cl2N3/c15-10-5-6-11(13(16)7-10)12-3-1-2-4-14(12)19-9-17-8-18-19/h1-9H. The molecular weight excluding hydrogens is 281 g/mol. The SMILES string of the molecule is Clc1ccc(-c2ccccc2-n2cncn2)c(Cl)c1. The van der Waals surface area contributed by atoms with Crippen LogP contribution in [0, 0.1) is 0 Å². The summed E-state index contributed by atoms with van der Waals surface area (Å²) in [7, 11) is 0. The molecule has 0 bridgehead atoms. The predicted molar refractivity (Wildman–Crippen MR) is 76.8 cm³/mol. The summed E-state index contributed by atoms with van der Waals surface area (Å²) in [4.78, 5) is 3.97. The Morgan fingerprint density at radius 1 is 0.947 bits per heavy atom. The van der Waals surface area contributed by atoms with Crippen molar-refractivity contribution in [2.24, 2.45) is 0 Å². The minimum Gasteiger partial charge on any atom is -0.223 e. The second-order valence-electron chi connectivity index (χ2n) is 3.98. The average molecular weight is 290 g/mol. The van der Waals surface area contributed by atoms with E-state index in [-0.39, 0.29) is 0 Å². The van der Waals surface area contributed by atoms with Crippen LogP contribution in [0.2, 0.25) is 10.0 Å². The number of hydrogen-bond donors (Lipinski definition) is 0. The smallest absolute Gasteiger partial charge is 0.138 e. The van der Waals surface area contributed by atoms with E-state index in [1.54, 1.807) is 17.1 Å². The Hall–Kier alpha value is -1.84. The quantitative estimate of drug-likeness (QED) is 0.706. The van der Waals surface area contributed by atoms with E-state index in [9.17, 15) is 0 Å². The maximum Gasteiger partial charge on any atom is 0.138 e. The van der Waals surface area contributed by atoms with Gasteiger partial charge in [-0.25, -0.2) is 9.67 Å². The fourth-order valence-electron chi connectivity index (χ4n) is 1.94. The van der Waals surface area contributed by atoms with E-state index in [0.29, 0.717) is 10.0 Å². The van der Waals surface area contributed by atoms with Crippen LogP contribution < -0.4 is 0 Å². The van der Waals surface area contributed by atoms with E-state index in [0.717, 1.165) is 16.8 Å². The summed E-state index contributed by atoms with van der Waals surface area (Å²) in [6, 6.07) is 13.3. The van der Waals surface area contributed by atoms with Crippen LogP contribution in [0.3, 0.4) is 0 Å². The fourth-order valence-corrected chi connectivity index (χ4v) is 2.45. The highest BCUT2D eigenvalue weighted by Crippen LogP contribution is 2.33. The van der Waals surface area contributed by atoms with Crippen molar-refractivity contribution in [3.8, 4) is 16.8 Å². The molecule has 0 saturated heterocycles. The van der Waals surface area contributed by atoms with Crippen LogP contribution >= 0.6 is 23.2 Å². The van der Waals surface area contributed by atoms with Gasteiger partial charge in [0, 0.05) is 21.2 Å². The predicted octanol–water partition coefficient (Wildman–Crippen LogP) is 4.24. The largest absolute Gasteiger partial charge is 0.223 e. The molecule has 0 aliphatic rings. The first kappa shape index (κ1) is 12.2. The molecule has 5 heteroatoms. The van der Waals surface area contributed by atoms with Gasteiger partial charge in [0.1, 0.15) is 12.7 Å². The third-order valence-electron chi connectivity index (χ3n) is 2.79. The van der Waals surface area contributed by atoms with Gasteiger partial charge in [-0.05, 0) is 18.2 Å². The van der Waals surface area contributed by atoms with Crippen LogP contribution in [-0.4, -0.2) is 14.8 Å². The van der Waals surface area contributed by atoms with Gasteiger partial charge in [-0.2, -0.15) is 5.10 Å². The summed E-state index contributed by atoms with van der Waals surface area (Å²) in [5.41, 5.74) is 2.82. The number of aromatic nitrogens is 3. The molecule has 3 rings (SSSR count). The maximum absolute atomic E-state index is 6.27. The molecule has 0 aliphatic heterocycles. The molecule has 3 nitrogen and oxygen atoms in total. The Balaban J connectivity index is 2.21. The molecule has 2 aromatic carbocycles. The van der Waals surface area contributed by atoms with Gasteiger partial charge in [0.05, 0.1) is 5.69 Å². The third kappa shape index (κ3) is 2.35. The normalized spacial score (nSPS) is 10.6. The minimum atomic E-state index is 0.611. The molecule has 0 radical (unpaired) electrons. The van der Waals surface area contributed by atoms with E-state index in [2.05, 4.69) is 10.1 Å². The number of benzene rings is 2. The zero-order chi connectivity index (χ0) is 13.2. The van der Waals surface area contributed by atoms with Crippen LogP contribution in [0.1, 0.15) is 0 Å². The minimum absolute atomic E-state index is 0.611. The van der Waals surface area contributed by atoms with Crippen LogP contribution in [-0.2, 0) is 0 Å². The van der Waals surface area contributed by atoms with Crippen molar-refractivity contribution >= 4 is 23.2 Å². The van der Waals surface area contributed by atoms with E-state index in [1.165, 1.54) is 6.33 Å². The van der Waals surface area contributed by atoms with Crippen molar-refractivity contribution in [3.05, 3.63) is 65.2 Å². The lowest BCUT2D eigenvalue weighted by atomic mass is 10.0. The van der Waals surface area contributed by atoms with Crippen molar-refractivity contribution in [2.75, 3.05) is 0 Å². The number of para-hydroxylation sites is 1. The Bertz CT molecular complexity index is 708. The zero-order valence-electron chi connectivity index (χ0n) is 9.79. The van der Waals surface area contributed by atoms with Gasteiger partial charge < -0.3 is 0 Å². The molecular formula is C14H9Cl2N3. The highest BCUT2D eigenvalue weighted by molar-refractivity contribution is 6.36. The molecule has 19 heavy (non-hydrogen) atoms. The summed E-state index contributed by atoms with van der Waals surface area (Å²) >= 11 is 12.2. The van der Waals surface area contributed by atoms with Crippen molar-refractivity contribution < 1.29 is 0 Å². The number of hydrogen-bond acceptors (Lipinski definition) is 2. The van der Waals surface area contributed by atoms with Gasteiger partial charge in [0.15, 0.2) is 0 Å². The lowest BCUT2D eigenvalue weighted by Crippen LogP contribution is -1.97. The second kappa shape index (κ2) is 5.03. The lowest BCUT2D eigenvalue weighted by molar-refractivity contribution is 0.881. The molecule has 0 N–H and O–H groups in total. The molecule has 0 unspecified atom stereocenters. The molecule has 0 spiro atoms. The topological polar surface area (TPSA) is 30.7 Å². The van der Waals surface area contributed by atoms with Crippen LogP contribution in [0.25, 0.3) is 16.8 Å². The van der Waals surface area contributed by atoms with Gasteiger partial charge >= 0.3 is 0 Å². The average Bonchev–Trinajstić information content (AvgIpc) is 2.93. The Labute approximate surface area is 120 Å². The molecule has 0 aliphatic carbocycles. The molecule has 94 valence electrons. The zero-order valence-corrected chi connectivity index (χ0v) is 11.3. The molecule has 0 amide bonds. The summed E-state index contributed by atoms with van der Waals surface area (Å²) < 4.78 is 1.71. The third-order valence-corrected chi connectivity index (χ3v) is 3.34. The van der Waals surface area contributed by atoms with Gasteiger partial charge in [-0.3, -0.25) is 0 Å². The van der Waals surface area contributed by atoms with Crippen molar-refractivity contribution in [2.45, 2.75) is 0 Å². The highest BCUT2D eigenvalue weighted by Gasteiger charge is 2.10. The molecule has 0 fully saturated rings. The van der Waals surface area contributed by atoms with Crippen molar-refractivity contribution in [3.63, 3.8) is 0 Å². The maximum atomic E-state index is 6.27. The molecule has 1 aromatic heterocycles. The number of halogens is 2. The van der Waals surface area contributed by atoms with Crippen LogP contribution in [0.4, 0.5) is 0 Å².